The minimum Gasteiger partial charge on any atom is -0.469 e. The van der Waals surface area contributed by atoms with Crippen LogP contribution in [0.1, 0.15) is 0 Å². The van der Waals surface area contributed by atoms with Crippen LogP contribution in [0, 0.1) is 0 Å². The fraction of sp³-hybridized carbons (Fsp3) is 0. The average molecular weight is 212 g/mol. The topological polar surface area (TPSA) is 21.3 Å². The van der Waals surface area contributed by atoms with Crippen molar-refractivity contribution in [1.29, 1.82) is 0 Å². The van der Waals surface area contributed by atoms with Crippen LogP contribution in [0.25, 0.3) is 0 Å². The number of hydrogen-bond donors (Lipinski definition) is 1. The van der Waals surface area contributed by atoms with E-state index in [-0.39, 0.29) is 0 Å². The fourth-order valence-electron chi connectivity index (χ4n) is 0.981. The summed E-state index contributed by atoms with van der Waals surface area (Å²) in [6.45, 7) is 0. The maximum absolute atomic E-state index is 5.04. The smallest absolute Gasteiger partial charge is 0.114 e. The summed E-state index contributed by atoms with van der Waals surface area (Å²) in [5.41, 5.74) is 2.11. The third-order valence-corrected chi connectivity index (χ3v) is 2.12. The molecule has 2 rings (SSSR count). The zero-order valence-corrected chi connectivity index (χ0v) is 7.26. The number of ether oxygens (including phenoxy) is 1. The first kappa shape index (κ1) is 6.73. The Morgan fingerprint density at radius 2 is 2.27 bits per heavy atom. The van der Waals surface area contributed by atoms with E-state index in [1.165, 1.54) is 0 Å². The summed E-state index contributed by atoms with van der Waals surface area (Å²) in [6.07, 6.45) is 9.18. The maximum atomic E-state index is 5.04. The molecule has 2 aliphatic heterocycles. The van der Waals surface area contributed by atoms with Crippen LogP contribution < -0.4 is 5.32 Å². The molecule has 0 aliphatic carbocycles. The molecule has 2 nitrogen and oxygen atoms in total. The molecule has 0 aromatic heterocycles. The summed E-state index contributed by atoms with van der Waals surface area (Å²) in [6, 6.07) is 0. The van der Waals surface area contributed by atoms with Crippen LogP contribution in [-0.2, 0) is 4.74 Å². The summed E-state index contributed by atoms with van der Waals surface area (Å²) in [7, 11) is 0. The van der Waals surface area contributed by atoms with Gasteiger partial charge in [-0.1, -0.05) is 6.08 Å². The number of rotatable bonds is 0. The first-order valence-electron chi connectivity index (χ1n) is 3.23. The SMILES string of the molecule is BrC1=COC=C2NC=CC=C12. The number of hydrogen-bond acceptors (Lipinski definition) is 2. The van der Waals surface area contributed by atoms with Crippen molar-refractivity contribution in [1.82, 2.24) is 5.32 Å². The predicted octanol–water partition coefficient (Wildman–Crippen LogP) is 2.14. The van der Waals surface area contributed by atoms with E-state index in [0.717, 1.165) is 15.8 Å². The van der Waals surface area contributed by atoms with Crippen molar-refractivity contribution in [2.45, 2.75) is 0 Å². The van der Waals surface area contributed by atoms with Gasteiger partial charge < -0.3 is 10.1 Å². The number of halogens is 1. The van der Waals surface area contributed by atoms with E-state index >= 15 is 0 Å². The third kappa shape index (κ3) is 1.12. The number of nitrogens with one attached hydrogen (secondary N) is 1. The van der Waals surface area contributed by atoms with Crippen molar-refractivity contribution < 1.29 is 4.74 Å². The lowest BCUT2D eigenvalue weighted by molar-refractivity contribution is 0.389. The molecule has 2 aliphatic rings. The molecule has 0 saturated heterocycles. The van der Waals surface area contributed by atoms with Gasteiger partial charge in [0, 0.05) is 11.8 Å². The molecule has 0 radical (unpaired) electrons. The number of fused-ring (bicyclic) bond motifs is 1. The van der Waals surface area contributed by atoms with Gasteiger partial charge in [0.15, 0.2) is 0 Å². The second kappa shape index (κ2) is 2.58. The molecule has 0 unspecified atom stereocenters. The molecule has 1 N–H and O–H groups in total. The van der Waals surface area contributed by atoms with Gasteiger partial charge in [-0.3, -0.25) is 0 Å². The van der Waals surface area contributed by atoms with Crippen LogP contribution in [-0.4, -0.2) is 0 Å². The van der Waals surface area contributed by atoms with E-state index in [0.29, 0.717) is 0 Å². The summed E-state index contributed by atoms with van der Waals surface area (Å²) in [5, 5.41) is 3.07. The third-order valence-electron chi connectivity index (χ3n) is 1.50. The Labute approximate surface area is 73.1 Å². The lowest BCUT2D eigenvalue weighted by Crippen LogP contribution is -2.13. The van der Waals surface area contributed by atoms with Gasteiger partial charge in [-0.15, -0.1) is 0 Å². The van der Waals surface area contributed by atoms with Crippen LogP contribution in [0.5, 0.6) is 0 Å². The quantitative estimate of drug-likeness (QED) is 0.664. The van der Waals surface area contributed by atoms with Gasteiger partial charge in [-0.2, -0.15) is 0 Å². The molecular weight excluding hydrogens is 206 g/mol. The molecule has 0 aromatic carbocycles. The van der Waals surface area contributed by atoms with E-state index in [1.54, 1.807) is 12.5 Å². The summed E-state index contributed by atoms with van der Waals surface area (Å²) < 4.78 is 6.01. The predicted molar refractivity (Wildman–Crippen MR) is 46.5 cm³/mol. The van der Waals surface area contributed by atoms with Gasteiger partial charge in [0.05, 0.1) is 10.2 Å². The van der Waals surface area contributed by atoms with E-state index in [1.807, 2.05) is 18.4 Å². The fourth-order valence-corrected chi connectivity index (χ4v) is 1.43. The Hall–Kier alpha value is -0.960. The molecule has 0 bridgehead atoms. The van der Waals surface area contributed by atoms with Crippen LogP contribution in [0.15, 0.2) is 46.6 Å². The Bertz CT molecular complexity index is 299. The molecule has 56 valence electrons. The molecule has 3 heteroatoms. The number of allylic oxidation sites excluding steroid dienone is 3. The summed E-state index contributed by atoms with van der Waals surface area (Å²) >= 11 is 3.38. The van der Waals surface area contributed by atoms with Gasteiger partial charge >= 0.3 is 0 Å². The molecule has 0 spiro atoms. The zero-order chi connectivity index (χ0) is 7.68. The van der Waals surface area contributed by atoms with Gasteiger partial charge in [-0.05, 0) is 22.0 Å². The molecule has 2 heterocycles. The summed E-state index contributed by atoms with van der Waals surface area (Å²) in [4.78, 5) is 0. The lowest BCUT2D eigenvalue weighted by atomic mass is 10.1. The largest absolute Gasteiger partial charge is 0.469 e. The minimum absolute atomic E-state index is 0.965. The van der Waals surface area contributed by atoms with Gasteiger partial charge in [0.2, 0.25) is 0 Å². The lowest BCUT2D eigenvalue weighted by Gasteiger charge is -2.17. The molecule has 0 amide bonds. The first-order valence-corrected chi connectivity index (χ1v) is 4.02. The van der Waals surface area contributed by atoms with Gasteiger partial charge in [0.25, 0.3) is 0 Å². The highest BCUT2D eigenvalue weighted by molar-refractivity contribution is 9.12. The van der Waals surface area contributed by atoms with Crippen molar-refractivity contribution >= 4 is 15.9 Å². The van der Waals surface area contributed by atoms with E-state index in [4.69, 9.17) is 4.74 Å². The van der Waals surface area contributed by atoms with Crippen molar-refractivity contribution in [2.24, 2.45) is 0 Å². The second-order valence-electron chi connectivity index (χ2n) is 2.22. The zero-order valence-electron chi connectivity index (χ0n) is 5.67. The Morgan fingerprint density at radius 3 is 3.09 bits per heavy atom. The standard InChI is InChI=1S/C8H6BrNO/c9-7-4-11-5-8-6(7)2-1-3-10-8/h1-5,10H. The van der Waals surface area contributed by atoms with Crippen LogP contribution in [0.2, 0.25) is 0 Å². The second-order valence-corrected chi connectivity index (χ2v) is 3.07. The van der Waals surface area contributed by atoms with Crippen molar-refractivity contribution in [3.05, 3.63) is 46.6 Å². The van der Waals surface area contributed by atoms with Crippen molar-refractivity contribution in [2.75, 3.05) is 0 Å². The molecule has 0 aromatic rings. The molecule has 0 atom stereocenters. The van der Waals surface area contributed by atoms with Crippen LogP contribution >= 0.6 is 15.9 Å². The first-order chi connectivity index (χ1) is 5.38. The van der Waals surface area contributed by atoms with Crippen molar-refractivity contribution in [3.8, 4) is 0 Å². The average Bonchev–Trinajstić information content (AvgIpc) is 2.06. The highest BCUT2D eigenvalue weighted by Crippen LogP contribution is 2.28. The van der Waals surface area contributed by atoms with E-state index in [9.17, 15) is 0 Å². The molecule has 11 heavy (non-hydrogen) atoms. The Kier molecular flexibility index (Phi) is 1.58. The Morgan fingerprint density at radius 1 is 1.36 bits per heavy atom. The minimum atomic E-state index is 0.965. The summed E-state index contributed by atoms with van der Waals surface area (Å²) in [5.74, 6) is 0. The Balaban J connectivity index is 2.43. The van der Waals surface area contributed by atoms with E-state index < -0.39 is 0 Å². The monoisotopic (exact) mass is 211 g/mol. The molecule has 0 fully saturated rings. The highest BCUT2D eigenvalue weighted by atomic mass is 79.9. The van der Waals surface area contributed by atoms with Crippen molar-refractivity contribution in [3.63, 3.8) is 0 Å². The highest BCUT2D eigenvalue weighted by Gasteiger charge is 2.13. The molecular formula is C8H6BrNO. The van der Waals surface area contributed by atoms with Crippen LogP contribution in [0.3, 0.4) is 0 Å². The normalized spacial score (nSPS) is 20.3. The molecule has 0 saturated carbocycles. The van der Waals surface area contributed by atoms with E-state index in [2.05, 4.69) is 21.2 Å². The van der Waals surface area contributed by atoms with Gasteiger partial charge in [0.1, 0.15) is 12.5 Å². The number of dihydropyridines is 1. The maximum Gasteiger partial charge on any atom is 0.114 e. The van der Waals surface area contributed by atoms with Crippen LogP contribution in [0.4, 0.5) is 0 Å². The van der Waals surface area contributed by atoms with Gasteiger partial charge in [-0.25, -0.2) is 0 Å².